The summed E-state index contributed by atoms with van der Waals surface area (Å²) in [6.45, 7) is 11.7. The van der Waals surface area contributed by atoms with Crippen molar-refractivity contribution in [3.05, 3.63) is 74.0 Å². The topological polar surface area (TPSA) is 79.7 Å². The molecule has 0 amide bonds. The number of aryl methyl sites for hydroxylation is 1. The summed E-state index contributed by atoms with van der Waals surface area (Å²) in [5, 5.41) is 15.8. The summed E-state index contributed by atoms with van der Waals surface area (Å²) >= 11 is 1.72. The molecule has 32 heavy (non-hydrogen) atoms. The van der Waals surface area contributed by atoms with E-state index in [4.69, 9.17) is 0 Å². The second-order valence-electron chi connectivity index (χ2n) is 9.24. The van der Waals surface area contributed by atoms with Crippen molar-refractivity contribution in [1.82, 2.24) is 30.1 Å². The Morgan fingerprint density at radius 3 is 2.69 bits per heavy atom. The van der Waals surface area contributed by atoms with Gasteiger partial charge in [0.1, 0.15) is 0 Å². The van der Waals surface area contributed by atoms with Crippen LogP contribution in [0.25, 0.3) is 10.9 Å². The smallest absolute Gasteiger partial charge is 0.252 e. The standard InChI is InChI=1S/C24H30N6OS/c1-6-21(22-26-27-28-30(22)24(3,4)5)29(15-19-8-7-11-32-19)14-18-13-17-12-16(2)9-10-20(17)25-23(18)31/h7-13,21H,6,14-15H2,1-5H3,(H,25,31)/t21-/m1/s1. The zero-order valence-corrected chi connectivity index (χ0v) is 20.1. The Kier molecular flexibility index (Phi) is 6.26. The van der Waals surface area contributed by atoms with Gasteiger partial charge >= 0.3 is 0 Å². The largest absolute Gasteiger partial charge is 0.322 e. The number of aromatic amines is 1. The van der Waals surface area contributed by atoms with E-state index in [2.05, 4.69) is 83.6 Å². The molecule has 0 saturated heterocycles. The number of H-pyrrole nitrogens is 1. The van der Waals surface area contributed by atoms with Crippen LogP contribution in [-0.4, -0.2) is 30.1 Å². The van der Waals surface area contributed by atoms with E-state index in [0.717, 1.165) is 35.3 Å². The summed E-state index contributed by atoms with van der Waals surface area (Å²) in [5.74, 6) is 0.824. The number of hydrogen-bond donors (Lipinski definition) is 1. The first-order chi connectivity index (χ1) is 15.3. The number of hydrogen-bond acceptors (Lipinski definition) is 6. The van der Waals surface area contributed by atoms with Crippen molar-refractivity contribution < 1.29 is 0 Å². The lowest BCUT2D eigenvalue weighted by molar-refractivity contribution is 0.155. The molecule has 3 aromatic heterocycles. The predicted octanol–water partition coefficient (Wildman–Crippen LogP) is 4.79. The SMILES string of the molecule is CC[C@H](c1nnnn1C(C)(C)C)N(Cc1cccs1)Cc1cc2cc(C)ccc2[nH]c1=O. The van der Waals surface area contributed by atoms with Crippen molar-refractivity contribution in [3.8, 4) is 0 Å². The fourth-order valence-electron chi connectivity index (χ4n) is 4.07. The number of pyridine rings is 1. The van der Waals surface area contributed by atoms with E-state index >= 15 is 0 Å². The Morgan fingerprint density at radius 2 is 2.00 bits per heavy atom. The fraction of sp³-hybridized carbons (Fsp3) is 0.417. The van der Waals surface area contributed by atoms with E-state index in [1.54, 1.807) is 11.3 Å². The minimum atomic E-state index is -0.237. The molecular formula is C24H30N6OS. The quantitative estimate of drug-likeness (QED) is 0.438. The van der Waals surface area contributed by atoms with Crippen LogP contribution >= 0.6 is 11.3 Å². The lowest BCUT2D eigenvalue weighted by Gasteiger charge is -2.32. The van der Waals surface area contributed by atoms with Gasteiger partial charge in [0.15, 0.2) is 5.82 Å². The molecule has 4 aromatic rings. The molecule has 0 saturated carbocycles. The van der Waals surface area contributed by atoms with E-state index in [1.165, 1.54) is 10.4 Å². The predicted molar refractivity (Wildman–Crippen MR) is 129 cm³/mol. The van der Waals surface area contributed by atoms with Gasteiger partial charge in [-0.1, -0.05) is 24.6 Å². The Hall–Kier alpha value is -2.84. The zero-order valence-electron chi connectivity index (χ0n) is 19.3. The van der Waals surface area contributed by atoms with Crippen molar-refractivity contribution in [2.45, 2.75) is 65.7 Å². The normalized spacial score (nSPS) is 13.2. The highest BCUT2D eigenvalue weighted by Crippen LogP contribution is 2.29. The third kappa shape index (κ3) is 4.66. The summed E-state index contributed by atoms with van der Waals surface area (Å²) in [4.78, 5) is 19.6. The number of fused-ring (bicyclic) bond motifs is 1. The molecule has 1 aromatic carbocycles. The third-order valence-corrected chi connectivity index (χ3v) is 6.50. The van der Waals surface area contributed by atoms with Crippen LogP contribution in [0.4, 0.5) is 0 Å². The minimum Gasteiger partial charge on any atom is -0.322 e. The maximum atomic E-state index is 13.0. The number of nitrogens with zero attached hydrogens (tertiary/aromatic N) is 5. The lowest BCUT2D eigenvalue weighted by atomic mass is 10.1. The molecule has 0 aliphatic heterocycles. The van der Waals surface area contributed by atoms with Gasteiger partial charge in [-0.3, -0.25) is 9.69 Å². The van der Waals surface area contributed by atoms with Gasteiger partial charge in [0.2, 0.25) is 0 Å². The minimum absolute atomic E-state index is 0.0288. The first-order valence-electron chi connectivity index (χ1n) is 10.9. The first-order valence-corrected chi connectivity index (χ1v) is 11.8. The van der Waals surface area contributed by atoms with Crippen LogP contribution in [0, 0.1) is 6.92 Å². The van der Waals surface area contributed by atoms with Gasteiger partial charge < -0.3 is 4.98 Å². The molecule has 8 heteroatoms. The van der Waals surface area contributed by atoms with E-state index in [9.17, 15) is 4.79 Å². The van der Waals surface area contributed by atoms with Crippen LogP contribution in [0.15, 0.2) is 46.6 Å². The number of benzene rings is 1. The maximum absolute atomic E-state index is 13.0. The molecule has 0 spiro atoms. The fourth-order valence-corrected chi connectivity index (χ4v) is 4.80. The molecule has 0 unspecified atom stereocenters. The summed E-state index contributed by atoms with van der Waals surface area (Å²) in [6, 6.07) is 12.3. The van der Waals surface area contributed by atoms with Crippen molar-refractivity contribution >= 4 is 22.2 Å². The van der Waals surface area contributed by atoms with Gasteiger partial charge in [-0.05, 0) is 79.6 Å². The average Bonchev–Trinajstić information content (AvgIpc) is 3.41. The van der Waals surface area contributed by atoms with Crippen LogP contribution < -0.4 is 5.56 Å². The maximum Gasteiger partial charge on any atom is 0.252 e. The first kappa shape index (κ1) is 22.4. The second-order valence-corrected chi connectivity index (χ2v) is 10.3. The number of thiophene rings is 1. The van der Waals surface area contributed by atoms with E-state index in [1.807, 2.05) is 22.9 Å². The van der Waals surface area contributed by atoms with E-state index < -0.39 is 0 Å². The van der Waals surface area contributed by atoms with Crippen LogP contribution in [0.1, 0.15) is 62.0 Å². The highest BCUT2D eigenvalue weighted by atomic mass is 32.1. The molecule has 0 aliphatic rings. The summed E-state index contributed by atoms with van der Waals surface area (Å²) < 4.78 is 1.90. The molecule has 168 valence electrons. The zero-order chi connectivity index (χ0) is 22.9. The molecule has 0 radical (unpaired) electrons. The van der Waals surface area contributed by atoms with Gasteiger partial charge in [-0.15, -0.1) is 16.4 Å². The average molecular weight is 451 g/mol. The lowest BCUT2D eigenvalue weighted by Crippen LogP contribution is -2.35. The molecule has 1 atom stereocenters. The van der Waals surface area contributed by atoms with E-state index in [0.29, 0.717) is 6.54 Å². The molecule has 3 heterocycles. The van der Waals surface area contributed by atoms with Crippen LogP contribution in [-0.2, 0) is 18.6 Å². The molecular weight excluding hydrogens is 420 g/mol. The Labute approximate surface area is 192 Å². The molecule has 0 bridgehead atoms. The molecule has 1 N–H and O–H groups in total. The van der Waals surface area contributed by atoms with Crippen LogP contribution in [0.5, 0.6) is 0 Å². The third-order valence-electron chi connectivity index (χ3n) is 5.64. The van der Waals surface area contributed by atoms with Gasteiger partial charge in [-0.2, -0.15) is 0 Å². The summed E-state index contributed by atoms with van der Waals surface area (Å²) in [5.41, 5.74) is 2.48. The Morgan fingerprint density at radius 1 is 1.19 bits per heavy atom. The van der Waals surface area contributed by atoms with Crippen molar-refractivity contribution in [1.29, 1.82) is 0 Å². The molecule has 0 aliphatic carbocycles. The molecule has 0 fully saturated rings. The van der Waals surface area contributed by atoms with Crippen molar-refractivity contribution in [2.75, 3.05) is 0 Å². The van der Waals surface area contributed by atoms with Gasteiger partial charge in [0.05, 0.1) is 11.6 Å². The monoisotopic (exact) mass is 450 g/mol. The summed E-state index contributed by atoms with van der Waals surface area (Å²) in [6.07, 6.45) is 0.826. The molecule has 4 rings (SSSR count). The number of rotatable bonds is 7. The highest BCUT2D eigenvalue weighted by Gasteiger charge is 2.29. The summed E-state index contributed by atoms with van der Waals surface area (Å²) in [7, 11) is 0. The number of aromatic nitrogens is 5. The van der Waals surface area contributed by atoms with Crippen LogP contribution in [0.3, 0.4) is 0 Å². The van der Waals surface area contributed by atoms with Crippen molar-refractivity contribution in [3.63, 3.8) is 0 Å². The van der Waals surface area contributed by atoms with Gasteiger partial charge in [0.25, 0.3) is 5.56 Å². The van der Waals surface area contributed by atoms with Crippen LogP contribution in [0.2, 0.25) is 0 Å². The van der Waals surface area contributed by atoms with Gasteiger partial charge in [-0.25, -0.2) is 4.68 Å². The highest BCUT2D eigenvalue weighted by molar-refractivity contribution is 7.09. The Balaban J connectivity index is 1.76. The number of tetrazole rings is 1. The van der Waals surface area contributed by atoms with Gasteiger partial charge in [0, 0.05) is 29.0 Å². The second kappa shape index (κ2) is 8.96. The van der Waals surface area contributed by atoms with E-state index in [-0.39, 0.29) is 17.1 Å². The number of nitrogens with one attached hydrogen (secondary N) is 1. The van der Waals surface area contributed by atoms with Crippen molar-refractivity contribution in [2.24, 2.45) is 0 Å². The Bertz CT molecular complexity index is 1250. The molecule has 7 nitrogen and oxygen atoms in total.